The number of allylic oxidation sites excluding steroid dienone is 1. The van der Waals surface area contributed by atoms with E-state index < -0.39 is 17.7 Å². The standard InChI is InChI=1S/C28H21FN2O4/c1-14-8-10-18-16(3)26(35-25(18)15(14)2)28(32)33-17-9-11-20-23(12-17)34-27(31)21(13-30)24(20)19-6-4-5-7-22(19)29/h4-12,24H,31H2,1-3H3. The Labute approximate surface area is 201 Å². The Morgan fingerprint density at radius 3 is 2.57 bits per heavy atom. The molecule has 1 aliphatic rings. The van der Waals surface area contributed by atoms with Crippen molar-refractivity contribution in [1.82, 2.24) is 0 Å². The number of nitriles is 1. The SMILES string of the molecule is Cc1ccc2c(C)c(C(=O)Oc3ccc4c(c3)OC(N)=C(C#N)C4c3ccccc3F)oc2c1C. The third-order valence-corrected chi connectivity index (χ3v) is 6.43. The molecule has 0 saturated heterocycles. The van der Waals surface area contributed by atoms with Crippen molar-refractivity contribution in [2.45, 2.75) is 26.7 Å². The zero-order valence-electron chi connectivity index (χ0n) is 19.3. The molecule has 6 nitrogen and oxygen atoms in total. The Morgan fingerprint density at radius 2 is 1.83 bits per heavy atom. The third kappa shape index (κ3) is 3.60. The van der Waals surface area contributed by atoms with Gasteiger partial charge in [-0.15, -0.1) is 0 Å². The van der Waals surface area contributed by atoms with E-state index in [0.29, 0.717) is 22.3 Å². The normalized spacial score (nSPS) is 14.9. The van der Waals surface area contributed by atoms with Gasteiger partial charge in [0.1, 0.15) is 34.5 Å². The van der Waals surface area contributed by atoms with Gasteiger partial charge in [0.25, 0.3) is 0 Å². The van der Waals surface area contributed by atoms with Crippen LogP contribution in [0.4, 0.5) is 4.39 Å². The molecule has 7 heteroatoms. The van der Waals surface area contributed by atoms with Gasteiger partial charge in [0.15, 0.2) is 0 Å². The zero-order chi connectivity index (χ0) is 24.9. The number of halogens is 1. The summed E-state index contributed by atoms with van der Waals surface area (Å²) in [5, 5.41) is 10.5. The highest BCUT2D eigenvalue weighted by Crippen LogP contribution is 2.44. The number of nitrogens with two attached hydrogens (primary N) is 1. The number of aryl methyl sites for hydroxylation is 3. The van der Waals surface area contributed by atoms with E-state index in [-0.39, 0.29) is 28.7 Å². The molecule has 1 unspecified atom stereocenters. The fourth-order valence-electron chi connectivity index (χ4n) is 4.39. The van der Waals surface area contributed by atoms with Crippen LogP contribution in [-0.2, 0) is 0 Å². The average Bonchev–Trinajstić information content (AvgIpc) is 3.18. The lowest BCUT2D eigenvalue weighted by molar-refractivity contribution is 0.0702. The second kappa shape index (κ2) is 8.33. The smallest absolute Gasteiger partial charge is 0.379 e. The Hall–Kier alpha value is -4.57. The summed E-state index contributed by atoms with van der Waals surface area (Å²) in [6.45, 7) is 5.72. The highest BCUT2D eigenvalue weighted by molar-refractivity contribution is 5.97. The van der Waals surface area contributed by atoms with Crippen molar-refractivity contribution in [3.63, 3.8) is 0 Å². The first kappa shape index (κ1) is 22.2. The maximum atomic E-state index is 14.6. The summed E-state index contributed by atoms with van der Waals surface area (Å²) in [5.41, 5.74) is 10.3. The molecule has 1 aliphatic heterocycles. The van der Waals surface area contributed by atoms with Gasteiger partial charge in [0, 0.05) is 28.1 Å². The first-order chi connectivity index (χ1) is 16.8. The molecule has 0 radical (unpaired) electrons. The third-order valence-electron chi connectivity index (χ3n) is 6.43. The molecular weight excluding hydrogens is 447 g/mol. The molecule has 0 saturated carbocycles. The van der Waals surface area contributed by atoms with E-state index in [1.165, 1.54) is 12.1 Å². The summed E-state index contributed by atoms with van der Waals surface area (Å²) < 4.78 is 31.8. The van der Waals surface area contributed by atoms with E-state index in [1.54, 1.807) is 37.3 Å². The Bertz CT molecular complexity index is 1590. The van der Waals surface area contributed by atoms with Crippen LogP contribution >= 0.6 is 0 Å². The van der Waals surface area contributed by atoms with E-state index in [1.807, 2.05) is 32.0 Å². The van der Waals surface area contributed by atoms with E-state index in [9.17, 15) is 14.4 Å². The highest BCUT2D eigenvalue weighted by atomic mass is 19.1. The molecule has 4 aromatic rings. The lowest BCUT2D eigenvalue weighted by Crippen LogP contribution is -2.21. The molecule has 0 aliphatic carbocycles. The van der Waals surface area contributed by atoms with E-state index in [0.717, 1.165) is 16.5 Å². The van der Waals surface area contributed by atoms with Crippen molar-refractivity contribution in [2.24, 2.45) is 5.73 Å². The molecule has 174 valence electrons. The second-order valence-corrected chi connectivity index (χ2v) is 8.48. The number of ether oxygens (including phenoxy) is 2. The largest absolute Gasteiger partial charge is 0.448 e. The predicted octanol–water partition coefficient (Wildman–Crippen LogP) is 5.93. The van der Waals surface area contributed by atoms with Crippen LogP contribution in [-0.4, -0.2) is 5.97 Å². The maximum Gasteiger partial charge on any atom is 0.379 e. The van der Waals surface area contributed by atoms with Crippen molar-refractivity contribution in [3.05, 3.63) is 105 Å². The number of furan rings is 1. The molecule has 0 spiro atoms. The summed E-state index contributed by atoms with van der Waals surface area (Å²) in [4.78, 5) is 13.0. The van der Waals surface area contributed by atoms with Gasteiger partial charge in [-0.05, 0) is 44.0 Å². The lowest BCUT2D eigenvalue weighted by atomic mass is 9.83. The van der Waals surface area contributed by atoms with Crippen LogP contribution < -0.4 is 15.2 Å². The Balaban J connectivity index is 1.51. The minimum atomic E-state index is -0.751. The Kier molecular flexibility index (Phi) is 5.29. The summed E-state index contributed by atoms with van der Waals surface area (Å²) >= 11 is 0. The molecule has 0 amide bonds. The molecule has 1 atom stereocenters. The number of rotatable bonds is 3. The molecular formula is C28H21FN2O4. The van der Waals surface area contributed by atoms with Crippen LogP contribution in [0.3, 0.4) is 0 Å². The van der Waals surface area contributed by atoms with Gasteiger partial charge in [-0.3, -0.25) is 0 Å². The maximum absolute atomic E-state index is 14.6. The molecule has 35 heavy (non-hydrogen) atoms. The minimum absolute atomic E-state index is 0.107. The molecule has 0 bridgehead atoms. The lowest BCUT2D eigenvalue weighted by Gasteiger charge is -2.26. The number of hydrogen-bond donors (Lipinski definition) is 1. The number of benzene rings is 3. The second-order valence-electron chi connectivity index (χ2n) is 8.48. The minimum Gasteiger partial charge on any atom is -0.448 e. The number of nitrogens with zero attached hydrogens (tertiary/aromatic N) is 1. The van der Waals surface area contributed by atoms with Gasteiger partial charge in [-0.1, -0.05) is 36.4 Å². The van der Waals surface area contributed by atoms with Crippen molar-refractivity contribution in [1.29, 1.82) is 5.26 Å². The number of esters is 1. The summed E-state index contributed by atoms with van der Waals surface area (Å²) in [7, 11) is 0. The average molecular weight is 468 g/mol. The van der Waals surface area contributed by atoms with Crippen LogP contribution in [0.1, 0.15) is 44.3 Å². The van der Waals surface area contributed by atoms with Crippen LogP contribution in [0.25, 0.3) is 11.0 Å². The molecule has 2 heterocycles. The van der Waals surface area contributed by atoms with Crippen molar-refractivity contribution in [3.8, 4) is 17.6 Å². The van der Waals surface area contributed by atoms with Crippen LogP contribution in [0.2, 0.25) is 0 Å². The van der Waals surface area contributed by atoms with Gasteiger partial charge in [0.05, 0.1) is 5.92 Å². The molecule has 1 aromatic heterocycles. The van der Waals surface area contributed by atoms with Crippen LogP contribution in [0.5, 0.6) is 11.5 Å². The quantitative estimate of drug-likeness (QED) is 0.295. The van der Waals surface area contributed by atoms with E-state index >= 15 is 0 Å². The van der Waals surface area contributed by atoms with Gasteiger partial charge >= 0.3 is 5.97 Å². The number of carbonyl (C=O) groups is 1. The zero-order valence-corrected chi connectivity index (χ0v) is 19.3. The van der Waals surface area contributed by atoms with E-state index in [2.05, 4.69) is 0 Å². The van der Waals surface area contributed by atoms with Gasteiger partial charge in [-0.2, -0.15) is 5.26 Å². The number of carbonyl (C=O) groups excluding carboxylic acids is 1. The Morgan fingerprint density at radius 1 is 1.06 bits per heavy atom. The van der Waals surface area contributed by atoms with E-state index in [4.69, 9.17) is 19.6 Å². The summed E-state index contributed by atoms with van der Waals surface area (Å²) in [6.07, 6.45) is 0. The number of hydrogen-bond acceptors (Lipinski definition) is 6. The van der Waals surface area contributed by atoms with Gasteiger partial charge in [-0.25, -0.2) is 9.18 Å². The fourth-order valence-corrected chi connectivity index (χ4v) is 4.39. The molecule has 2 N–H and O–H groups in total. The molecule has 3 aromatic carbocycles. The predicted molar refractivity (Wildman–Crippen MR) is 128 cm³/mol. The van der Waals surface area contributed by atoms with Crippen LogP contribution in [0.15, 0.2) is 70.5 Å². The molecule has 0 fully saturated rings. The van der Waals surface area contributed by atoms with Gasteiger partial charge in [0.2, 0.25) is 11.6 Å². The van der Waals surface area contributed by atoms with Crippen molar-refractivity contribution < 1.29 is 23.1 Å². The van der Waals surface area contributed by atoms with Crippen LogP contribution in [0, 0.1) is 37.9 Å². The summed E-state index contributed by atoms with van der Waals surface area (Å²) in [5.74, 6) is -1.42. The highest BCUT2D eigenvalue weighted by Gasteiger charge is 2.33. The topological polar surface area (TPSA) is 98.5 Å². The van der Waals surface area contributed by atoms with Gasteiger partial charge < -0.3 is 19.6 Å². The summed E-state index contributed by atoms with van der Waals surface area (Å²) in [6, 6.07) is 16.8. The van der Waals surface area contributed by atoms with Crippen molar-refractivity contribution in [2.75, 3.05) is 0 Å². The number of fused-ring (bicyclic) bond motifs is 2. The first-order valence-electron chi connectivity index (χ1n) is 11.0. The molecule has 5 rings (SSSR count). The fraction of sp³-hybridized carbons (Fsp3) is 0.143. The monoisotopic (exact) mass is 468 g/mol. The van der Waals surface area contributed by atoms with Crippen molar-refractivity contribution >= 4 is 16.9 Å². The first-order valence-corrected chi connectivity index (χ1v) is 11.0.